The molecule has 21 heavy (non-hydrogen) atoms. The second kappa shape index (κ2) is 6.17. The van der Waals surface area contributed by atoms with Crippen molar-refractivity contribution in [2.24, 2.45) is 0 Å². The quantitative estimate of drug-likeness (QED) is 0.907. The van der Waals surface area contributed by atoms with Crippen LogP contribution in [0, 0.1) is 5.82 Å². The number of hydrogen-bond acceptors (Lipinski definition) is 2. The molecule has 0 spiro atoms. The minimum Gasteiger partial charge on any atom is -0.478 e. The molecule has 0 aromatic heterocycles. The van der Waals surface area contributed by atoms with E-state index in [-0.39, 0.29) is 17.2 Å². The van der Waals surface area contributed by atoms with Gasteiger partial charge in [-0.25, -0.2) is 9.18 Å². The molecule has 0 fully saturated rings. The molecule has 0 radical (unpaired) electrons. The first-order valence-corrected chi connectivity index (χ1v) is 6.37. The molecule has 0 aliphatic carbocycles. The van der Waals surface area contributed by atoms with Crippen molar-refractivity contribution in [3.8, 4) is 0 Å². The van der Waals surface area contributed by atoms with Crippen LogP contribution in [0.5, 0.6) is 0 Å². The number of benzene rings is 2. The lowest BCUT2D eigenvalue weighted by Crippen LogP contribution is -2.19. The average Bonchev–Trinajstić information content (AvgIpc) is 2.49. The number of amides is 1. The number of rotatable bonds is 4. The molecule has 2 N–H and O–H groups in total. The summed E-state index contributed by atoms with van der Waals surface area (Å²) in [6.45, 7) is 1.72. The Morgan fingerprint density at radius 2 is 1.81 bits per heavy atom. The first-order chi connectivity index (χ1) is 9.99. The van der Waals surface area contributed by atoms with E-state index in [0.717, 1.165) is 11.6 Å². The van der Waals surface area contributed by atoms with Crippen molar-refractivity contribution in [1.29, 1.82) is 0 Å². The molecule has 4 nitrogen and oxygen atoms in total. The lowest BCUT2D eigenvalue weighted by atomic mass is 10.0. The number of carbonyl (C=O) groups is 2. The van der Waals surface area contributed by atoms with Crippen LogP contribution in [0.4, 0.5) is 10.1 Å². The van der Waals surface area contributed by atoms with Crippen molar-refractivity contribution in [3.63, 3.8) is 0 Å². The molecule has 0 heterocycles. The van der Waals surface area contributed by atoms with Gasteiger partial charge in [-0.2, -0.15) is 0 Å². The largest absolute Gasteiger partial charge is 0.478 e. The predicted molar refractivity (Wildman–Crippen MR) is 76.8 cm³/mol. The molecule has 1 atom stereocenters. The zero-order chi connectivity index (χ0) is 15.4. The van der Waals surface area contributed by atoms with Gasteiger partial charge in [0.05, 0.1) is 17.2 Å². The fourth-order valence-electron chi connectivity index (χ4n) is 1.88. The van der Waals surface area contributed by atoms with Crippen molar-refractivity contribution < 1.29 is 19.1 Å². The number of hydrogen-bond donors (Lipinski definition) is 2. The first kappa shape index (κ1) is 14.7. The van der Waals surface area contributed by atoms with Gasteiger partial charge < -0.3 is 10.4 Å². The van der Waals surface area contributed by atoms with Gasteiger partial charge in [0.25, 0.3) is 0 Å². The number of carboxylic acid groups (broad SMARTS) is 1. The lowest BCUT2D eigenvalue weighted by molar-refractivity contribution is -0.117. The third kappa shape index (κ3) is 3.45. The second-order valence-corrected chi connectivity index (χ2v) is 4.62. The summed E-state index contributed by atoms with van der Waals surface area (Å²) in [5, 5.41) is 11.2. The summed E-state index contributed by atoms with van der Waals surface area (Å²) >= 11 is 0. The molecule has 1 amide bonds. The second-order valence-electron chi connectivity index (χ2n) is 4.62. The molecule has 0 bridgehead atoms. The minimum absolute atomic E-state index is 0.0345. The number of carboxylic acids is 1. The van der Waals surface area contributed by atoms with Crippen LogP contribution in [-0.4, -0.2) is 17.0 Å². The van der Waals surface area contributed by atoms with E-state index >= 15 is 0 Å². The highest BCUT2D eigenvalue weighted by molar-refractivity contribution is 5.96. The van der Waals surface area contributed by atoms with Gasteiger partial charge in [-0.1, -0.05) is 30.3 Å². The van der Waals surface area contributed by atoms with Gasteiger partial charge in [0, 0.05) is 0 Å². The van der Waals surface area contributed by atoms with E-state index in [1.54, 1.807) is 6.92 Å². The Balaban J connectivity index is 2.15. The van der Waals surface area contributed by atoms with Gasteiger partial charge in [-0.3, -0.25) is 4.79 Å². The van der Waals surface area contributed by atoms with E-state index < -0.39 is 17.7 Å². The van der Waals surface area contributed by atoms with Crippen molar-refractivity contribution >= 4 is 17.6 Å². The molecule has 0 aliphatic rings. The SMILES string of the molecule is CC(C(=O)Nc1ccc(C(=O)O)cc1F)c1ccccc1. The fraction of sp³-hybridized carbons (Fsp3) is 0.125. The maximum atomic E-state index is 13.8. The summed E-state index contributed by atoms with van der Waals surface area (Å²) in [6, 6.07) is 12.5. The Bertz CT molecular complexity index is 670. The highest BCUT2D eigenvalue weighted by atomic mass is 19.1. The molecule has 2 rings (SSSR count). The highest BCUT2D eigenvalue weighted by Gasteiger charge is 2.17. The molecule has 0 saturated heterocycles. The topological polar surface area (TPSA) is 66.4 Å². The van der Waals surface area contributed by atoms with Crippen molar-refractivity contribution in [3.05, 3.63) is 65.5 Å². The number of anilines is 1. The molecular weight excluding hydrogens is 273 g/mol. The Morgan fingerprint density at radius 3 is 2.38 bits per heavy atom. The number of aromatic carboxylic acids is 1. The minimum atomic E-state index is -1.22. The Hall–Kier alpha value is -2.69. The van der Waals surface area contributed by atoms with E-state index in [1.807, 2.05) is 30.3 Å². The Kier molecular flexibility index (Phi) is 4.33. The van der Waals surface area contributed by atoms with Crippen LogP contribution in [0.2, 0.25) is 0 Å². The summed E-state index contributed by atoms with van der Waals surface area (Å²) in [7, 11) is 0. The zero-order valence-electron chi connectivity index (χ0n) is 11.3. The fourth-order valence-corrected chi connectivity index (χ4v) is 1.88. The van der Waals surface area contributed by atoms with E-state index in [9.17, 15) is 14.0 Å². The standard InChI is InChI=1S/C16H14FNO3/c1-10(11-5-3-2-4-6-11)15(19)18-14-8-7-12(16(20)21)9-13(14)17/h2-10H,1H3,(H,18,19)(H,20,21). The van der Waals surface area contributed by atoms with Crippen LogP contribution in [0.3, 0.4) is 0 Å². The van der Waals surface area contributed by atoms with Crippen molar-refractivity contribution in [2.75, 3.05) is 5.32 Å². The molecule has 1 unspecified atom stereocenters. The van der Waals surface area contributed by atoms with Crippen molar-refractivity contribution in [2.45, 2.75) is 12.8 Å². The first-order valence-electron chi connectivity index (χ1n) is 6.37. The molecular formula is C16H14FNO3. The molecule has 5 heteroatoms. The Morgan fingerprint density at radius 1 is 1.14 bits per heavy atom. The van der Waals surface area contributed by atoms with E-state index in [0.29, 0.717) is 0 Å². The normalized spacial score (nSPS) is 11.7. The van der Waals surface area contributed by atoms with Gasteiger partial charge in [0.15, 0.2) is 0 Å². The molecule has 2 aromatic rings. The van der Waals surface area contributed by atoms with Gasteiger partial charge in [-0.15, -0.1) is 0 Å². The van der Waals surface area contributed by atoms with Crippen LogP contribution in [0.25, 0.3) is 0 Å². The maximum absolute atomic E-state index is 13.8. The van der Waals surface area contributed by atoms with E-state index in [2.05, 4.69) is 5.32 Å². The van der Waals surface area contributed by atoms with Crippen molar-refractivity contribution in [1.82, 2.24) is 0 Å². The van der Waals surface area contributed by atoms with Gasteiger partial charge >= 0.3 is 5.97 Å². The summed E-state index contributed by atoms with van der Waals surface area (Å²) < 4.78 is 13.8. The van der Waals surface area contributed by atoms with Crippen LogP contribution < -0.4 is 5.32 Å². The number of carbonyl (C=O) groups excluding carboxylic acids is 1. The average molecular weight is 287 g/mol. The van der Waals surface area contributed by atoms with Crippen LogP contribution in [0.1, 0.15) is 28.8 Å². The zero-order valence-corrected chi connectivity index (χ0v) is 11.3. The smallest absolute Gasteiger partial charge is 0.335 e. The van der Waals surface area contributed by atoms with Crippen LogP contribution in [0.15, 0.2) is 48.5 Å². The maximum Gasteiger partial charge on any atom is 0.335 e. The highest BCUT2D eigenvalue weighted by Crippen LogP contribution is 2.20. The third-order valence-electron chi connectivity index (χ3n) is 3.17. The van der Waals surface area contributed by atoms with E-state index in [1.165, 1.54) is 12.1 Å². The molecule has 2 aromatic carbocycles. The van der Waals surface area contributed by atoms with Gasteiger partial charge in [0.2, 0.25) is 5.91 Å². The Labute approximate surface area is 121 Å². The predicted octanol–water partition coefficient (Wildman–Crippen LogP) is 3.27. The van der Waals surface area contributed by atoms with Crippen LogP contribution in [-0.2, 0) is 4.79 Å². The van der Waals surface area contributed by atoms with Gasteiger partial charge in [-0.05, 0) is 30.7 Å². The number of halogens is 1. The summed E-state index contributed by atoms with van der Waals surface area (Å²) in [4.78, 5) is 22.8. The van der Waals surface area contributed by atoms with Gasteiger partial charge in [0.1, 0.15) is 5.82 Å². The third-order valence-corrected chi connectivity index (χ3v) is 3.17. The van der Waals surface area contributed by atoms with E-state index in [4.69, 9.17) is 5.11 Å². The molecule has 0 saturated carbocycles. The molecule has 0 aliphatic heterocycles. The number of nitrogens with one attached hydrogen (secondary N) is 1. The van der Waals surface area contributed by atoms with Crippen LogP contribution >= 0.6 is 0 Å². The summed E-state index contributed by atoms with van der Waals surface area (Å²) in [6.07, 6.45) is 0. The summed E-state index contributed by atoms with van der Waals surface area (Å²) in [5.74, 6) is -2.79. The monoisotopic (exact) mass is 287 g/mol. The summed E-state index contributed by atoms with van der Waals surface area (Å²) in [5.41, 5.74) is 0.618. The molecule has 108 valence electrons. The lowest BCUT2D eigenvalue weighted by Gasteiger charge is -2.13.